The van der Waals surface area contributed by atoms with Crippen molar-refractivity contribution < 1.29 is 17.9 Å². The first-order chi connectivity index (χ1) is 14.4. The van der Waals surface area contributed by atoms with E-state index < -0.39 is 11.7 Å². The summed E-state index contributed by atoms with van der Waals surface area (Å²) in [6.45, 7) is 1.72. The highest BCUT2D eigenvalue weighted by Crippen LogP contribution is 2.43. The van der Waals surface area contributed by atoms with Gasteiger partial charge in [0.05, 0.1) is 28.3 Å². The molecule has 4 rings (SSSR count). The van der Waals surface area contributed by atoms with E-state index in [1.165, 1.54) is 6.07 Å². The average Bonchev–Trinajstić information content (AvgIpc) is 2.72. The molecule has 0 bridgehead atoms. The first-order valence-corrected chi connectivity index (χ1v) is 10.1. The van der Waals surface area contributed by atoms with Crippen LogP contribution in [0.4, 0.5) is 19.0 Å². The molecule has 0 spiro atoms. The maximum Gasteiger partial charge on any atom is 0.417 e. The second-order valence-electron chi connectivity index (χ2n) is 7.49. The standard InChI is InChI=1S/C22H23F3N4O/c1-13-27-20(26-2)15-11-12-17(29-21(15)28-13)19-16(22(23,24)25)9-6-10-18(19)30-14-7-4-3-5-8-14/h6,9-12,14H,3-5,7-8H2,1-2H3,(H,26,27,28,29). The second-order valence-corrected chi connectivity index (χ2v) is 7.49. The van der Waals surface area contributed by atoms with Gasteiger partial charge in [0, 0.05) is 7.05 Å². The lowest BCUT2D eigenvalue weighted by molar-refractivity contribution is -0.137. The molecular weight excluding hydrogens is 393 g/mol. The van der Waals surface area contributed by atoms with Crippen LogP contribution in [0, 0.1) is 6.92 Å². The fraction of sp³-hybridized carbons (Fsp3) is 0.409. The molecule has 0 saturated heterocycles. The van der Waals surface area contributed by atoms with Gasteiger partial charge in [0.2, 0.25) is 0 Å². The lowest BCUT2D eigenvalue weighted by Gasteiger charge is -2.25. The van der Waals surface area contributed by atoms with Crippen LogP contribution in [0.25, 0.3) is 22.3 Å². The van der Waals surface area contributed by atoms with Crippen molar-refractivity contribution in [1.82, 2.24) is 15.0 Å². The third kappa shape index (κ3) is 4.04. The van der Waals surface area contributed by atoms with Gasteiger partial charge in [-0.15, -0.1) is 0 Å². The molecule has 0 radical (unpaired) electrons. The van der Waals surface area contributed by atoms with E-state index >= 15 is 0 Å². The number of rotatable bonds is 4. The van der Waals surface area contributed by atoms with Gasteiger partial charge < -0.3 is 10.1 Å². The van der Waals surface area contributed by atoms with Gasteiger partial charge in [-0.2, -0.15) is 13.2 Å². The summed E-state index contributed by atoms with van der Waals surface area (Å²) in [7, 11) is 1.73. The van der Waals surface area contributed by atoms with Crippen molar-refractivity contribution >= 4 is 16.9 Å². The topological polar surface area (TPSA) is 59.9 Å². The van der Waals surface area contributed by atoms with E-state index in [1.54, 1.807) is 32.2 Å². The Morgan fingerprint density at radius 3 is 2.47 bits per heavy atom. The minimum absolute atomic E-state index is 0.0419. The van der Waals surface area contributed by atoms with Crippen LogP contribution < -0.4 is 10.1 Å². The molecule has 2 heterocycles. The van der Waals surface area contributed by atoms with Crippen LogP contribution in [0.3, 0.4) is 0 Å². The zero-order chi connectivity index (χ0) is 21.3. The summed E-state index contributed by atoms with van der Waals surface area (Å²) in [4.78, 5) is 13.1. The van der Waals surface area contributed by atoms with Crippen molar-refractivity contribution in [2.45, 2.75) is 51.3 Å². The molecule has 0 aliphatic heterocycles. The molecule has 3 aromatic rings. The van der Waals surface area contributed by atoms with Crippen molar-refractivity contribution in [3.8, 4) is 17.0 Å². The number of nitrogens with zero attached hydrogens (tertiary/aromatic N) is 3. The number of nitrogens with one attached hydrogen (secondary N) is 1. The normalized spacial score (nSPS) is 15.4. The maximum absolute atomic E-state index is 13.9. The highest BCUT2D eigenvalue weighted by molar-refractivity contribution is 5.89. The van der Waals surface area contributed by atoms with Crippen molar-refractivity contribution in [3.63, 3.8) is 0 Å². The van der Waals surface area contributed by atoms with Crippen LogP contribution in [0.15, 0.2) is 30.3 Å². The Hall–Kier alpha value is -2.90. The SMILES string of the molecule is CNc1nc(C)nc2nc(-c3c(OC4CCCCC4)cccc3C(F)(F)F)ccc12. The van der Waals surface area contributed by atoms with Crippen LogP contribution >= 0.6 is 0 Å². The molecule has 0 unspecified atom stereocenters. The third-order valence-corrected chi connectivity index (χ3v) is 5.34. The molecule has 1 aliphatic carbocycles. The number of pyridine rings is 1. The largest absolute Gasteiger partial charge is 0.490 e. The number of benzene rings is 1. The fourth-order valence-corrected chi connectivity index (χ4v) is 3.94. The van der Waals surface area contributed by atoms with Gasteiger partial charge in [-0.05, 0) is 56.9 Å². The Balaban J connectivity index is 1.87. The summed E-state index contributed by atoms with van der Waals surface area (Å²) >= 11 is 0. The Labute approximate surface area is 172 Å². The van der Waals surface area contributed by atoms with Crippen molar-refractivity contribution in [1.29, 1.82) is 0 Å². The van der Waals surface area contributed by atoms with E-state index in [0.29, 0.717) is 22.7 Å². The van der Waals surface area contributed by atoms with E-state index in [0.717, 1.165) is 38.2 Å². The smallest absolute Gasteiger partial charge is 0.417 e. The quantitative estimate of drug-likeness (QED) is 0.585. The number of halogens is 3. The number of aromatic nitrogens is 3. The zero-order valence-electron chi connectivity index (χ0n) is 16.9. The van der Waals surface area contributed by atoms with Crippen LogP contribution in [-0.4, -0.2) is 28.1 Å². The molecule has 1 fully saturated rings. The average molecular weight is 416 g/mol. The van der Waals surface area contributed by atoms with Crippen molar-refractivity contribution in [3.05, 3.63) is 41.7 Å². The van der Waals surface area contributed by atoms with Gasteiger partial charge in [0.1, 0.15) is 17.4 Å². The van der Waals surface area contributed by atoms with Gasteiger partial charge in [-0.1, -0.05) is 12.5 Å². The summed E-state index contributed by atoms with van der Waals surface area (Å²) in [6, 6.07) is 7.31. The summed E-state index contributed by atoms with van der Waals surface area (Å²) < 4.78 is 47.7. The second kappa shape index (κ2) is 8.08. The van der Waals surface area contributed by atoms with Crippen LogP contribution in [0.2, 0.25) is 0 Å². The Morgan fingerprint density at radius 1 is 1.00 bits per heavy atom. The molecule has 1 N–H and O–H groups in total. The van der Waals surface area contributed by atoms with Crippen LogP contribution in [0.5, 0.6) is 5.75 Å². The van der Waals surface area contributed by atoms with Gasteiger partial charge in [0.25, 0.3) is 0 Å². The Bertz CT molecular complexity index is 1060. The van der Waals surface area contributed by atoms with Crippen LogP contribution in [0.1, 0.15) is 43.5 Å². The first kappa shape index (κ1) is 20.4. The summed E-state index contributed by atoms with van der Waals surface area (Å²) in [5, 5.41) is 3.62. The highest BCUT2D eigenvalue weighted by atomic mass is 19.4. The molecule has 8 heteroatoms. The van der Waals surface area contributed by atoms with E-state index in [2.05, 4.69) is 20.3 Å². The number of ether oxygens (including phenoxy) is 1. The Kier molecular flexibility index (Phi) is 5.49. The number of anilines is 1. The van der Waals surface area contributed by atoms with E-state index in [4.69, 9.17) is 4.74 Å². The highest BCUT2D eigenvalue weighted by Gasteiger charge is 2.36. The van der Waals surface area contributed by atoms with Gasteiger partial charge in [-0.25, -0.2) is 15.0 Å². The molecule has 0 atom stereocenters. The molecule has 5 nitrogen and oxygen atoms in total. The summed E-state index contributed by atoms with van der Waals surface area (Å²) in [6.07, 6.45) is 0.260. The minimum Gasteiger partial charge on any atom is -0.490 e. The van der Waals surface area contributed by atoms with Crippen molar-refractivity contribution in [2.75, 3.05) is 12.4 Å². The predicted octanol–water partition coefficient (Wildman–Crippen LogP) is 5.77. The third-order valence-electron chi connectivity index (χ3n) is 5.34. The predicted molar refractivity (Wildman–Crippen MR) is 110 cm³/mol. The van der Waals surface area contributed by atoms with Crippen molar-refractivity contribution in [2.24, 2.45) is 0 Å². The molecular formula is C22H23F3N4O. The Morgan fingerprint density at radius 2 is 1.77 bits per heavy atom. The number of hydrogen-bond donors (Lipinski definition) is 1. The van der Waals surface area contributed by atoms with E-state index in [1.807, 2.05) is 0 Å². The molecule has 2 aromatic heterocycles. The molecule has 0 amide bonds. The number of hydrogen-bond acceptors (Lipinski definition) is 5. The maximum atomic E-state index is 13.9. The van der Waals surface area contributed by atoms with E-state index in [9.17, 15) is 13.2 Å². The molecule has 1 aromatic carbocycles. The minimum atomic E-state index is -4.53. The number of fused-ring (bicyclic) bond motifs is 1. The van der Waals surface area contributed by atoms with Gasteiger partial charge >= 0.3 is 6.18 Å². The molecule has 158 valence electrons. The molecule has 1 aliphatic rings. The van der Waals surface area contributed by atoms with Gasteiger partial charge in [0.15, 0.2) is 5.65 Å². The summed E-state index contributed by atoms with van der Waals surface area (Å²) in [5.41, 5.74) is -0.284. The van der Waals surface area contributed by atoms with E-state index in [-0.39, 0.29) is 23.1 Å². The van der Waals surface area contributed by atoms with Gasteiger partial charge in [-0.3, -0.25) is 0 Å². The lowest BCUT2D eigenvalue weighted by Crippen LogP contribution is -2.20. The lowest BCUT2D eigenvalue weighted by atomic mass is 9.97. The zero-order valence-corrected chi connectivity index (χ0v) is 16.9. The summed E-state index contributed by atoms with van der Waals surface area (Å²) in [5.74, 6) is 1.28. The molecule has 1 saturated carbocycles. The monoisotopic (exact) mass is 416 g/mol. The number of aryl methyl sites for hydroxylation is 1. The fourth-order valence-electron chi connectivity index (χ4n) is 3.94. The first-order valence-electron chi connectivity index (χ1n) is 10.1. The number of alkyl halides is 3. The van der Waals surface area contributed by atoms with Crippen LogP contribution in [-0.2, 0) is 6.18 Å². The molecule has 30 heavy (non-hydrogen) atoms.